The topological polar surface area (TPSA) is 68.8 Å². The molecular formula is C14H13F2N5O. The molecule has 114 valence electrons. The number of rotatable bonds is 5. The first-order valence-corrected chi connectivity index (χ1v) is 6.53. The molecule has 0 amide bonds. The Morgan fingerprint density at radius 1 is 1.14 bits per heavy atom. The number of imidazole rings is 1. The fourth-order valence-corrected chi connectivity index (χ4v) is 2.35. The van der Waals surface area contributed by atoms with Gasteiger partial charge in [-0.3, -0.25) is 0 Å². The van der Waals surface area contributed by atoms with Crippen LogP contribution in [0.5, 0.6) is 0 Å². The van der Waals surface area contributed by atoms with Crippen molar-refractivity contribution < 1.29 is 13.9 Å². The van der Waals surface area contributed by atoms with Crippen LogP contribution in [0.1, 0.15) is 5.56 Å². The molecule has 22 heavy (non-hydrogen) atoms. The van der Waals surface area contributed by atoms with E-state index in [2.05, 4.69) is 15.1 Å². The Labute approximate surface area is 124 Å². The molecule has 0 spiro atoms. The molecule has 0 bridgehead atoms. The van der Waals surface area contributed by atoms with Gasteiger partial charge >= 0.3 is 0 Å². The zero-order valence-electron chi connectivity index (χ0n) is 11.5. The van der Waals surface area contributed by atoms with Crippen LogP contribution in [0.3, 0.4) is 0 Å². The van der Waals surface area contributed by atoms with Crippen molar-refractivity contribution in [2.24, 2.45) is 0 Å². The molecule has 0 saturated carbocycles. The molecule has 0 unspecified atom stereocenters. The van der Waals surface area contributed by atoms with Crippen molar-refractivity contribution in [1.29, 1.82) is 0 Å². The van der Waals surface area contributed by atoms with Gasteiger partial charge in [0.15, 0.2) is 0 Å². The lowest BCUT2D eigenvalue weighted by atomic mass is 9.92. The molecule has 1 aromatic carbocycles. The van der Waals surface area contributed by atoms with Crippen molar-refractivity contribution in [2.75, 3.05) is 0 Å². The molecule has 3 aromatic rings. The Bertz CT molecular complexity index is 706. The predicted molar refractivity (Wildman–Crippen MR) is 72.5 cm³/mol. The maximum atomic E-state index is 14.1. The number of aromatic nitrogens is 5. The molecule has 0 aliphatic carbocycles. The molecular weight excluding hydrogens is 292 g/mol. The van der Waals surface area contributed by atoms with Crippen LogP contribution in [0.15, 0.2) is 49.6 Å². The summed E-state index contributed by atoms with van der Waals surface area (Å²) in [6.45, 7) is 0.00312. The highest BCUT2D eigenvalue weighted by atomic mass is 19.1. The quantitative estimate of drug-likeness (QED) is 0.772. The van der Waals surface area contributed by atoms with Crippen LogP contribution in [0, 0.1) is 11.6 Å². The summed E-state index contributed by atoms with van der Waals surface area (Å²) in [6.07, 6.45) is 7.44. The summed E-state index contributed by atoms with van der Waals surface area (Å²) >= 11 is 0. The van der Waals surface area contributed by atoms with E-state index in [0.29, 0.717) is 0 Å². The van der Waals surface area contributed by atoms with Crippen molar-refractivity contribution in [3.05, 3.63) is 66.8 Å². The van der Waals surface area contributed by atoms with Crippen LogP contribution in [0.2, 0.25) is 0 Å². The predicted octanol–water partition coefficient (Wildman–Crippen LogP) is 1.34. The average molecular weight is 305 g/mol. The minimum atomic E-state index is -1.63. The number of benzene rings is 1. The Morgan fingerprint density at radius 3 is 2.64 bits per heavy atom. The minimum absolute atomic E-state index is 0.0156. The van der Waals surface area contributed by atoms with Crippen LogP contribution in [0.4, 0.5) is 8.78 Å². The van der Waals surface area contributed by atoms with Gasteiger partial charge in [-0.05, 0) is 6.07 Å². The second kappa shape index (κ2) is 5.64. The number of hydrogen-bond donors (Lipinski definition) is 1. The Morgan fingerprint density at radius 2 is 2.00 bits per heavy atom. The third-order valence-corrected chi connectivity index (χ3v) is 3.33. The lowest BCUT2D eigenvalue weighted by Crippen LogP contribution is -2.37. The van der Waals surface area contributed by atoms with E-state index in [1.807, 2.05) is 0 Å². The fraction of sp³-hybridized carbons (Fsp3) is 0.214. The van der Waals surface area contributed by atoms with Crippen molar-refractivity contribution in [3.8, 4) is 0 Å². The van der Waals surface area contributed by atoms with Crippen LogP contribution < -0.4 is 0 Å². The van der Waals surface area contributed by atoms with Gasteiger partial charge in [0.2, 0.25) is 0 Å². The SMILES string of the molecule is O[C@@](Cn1ccnc1)(Cn1cncn1)c1ccc(F)cc1F. The molecule has 0 aliphatic rings. The monoisotopic (exact) mass is 305 g/mol. The van der Waals surface area contributed by atoms with Gasteiger partial charge in [0.05, 0.1) is 19.4 Å². The lowest BCUT2D eigenvalue weighted by Gasteiger charge is -2.29. The smallest absolute Gasteiger partial charge is 0.137 e. The second-order valence-corrected chi connectivity index (χ2v) is 4.98. The highest BCUT2D eigenvalue weighted by molar-refractivity contribution is 5.25. The van der Waals surface area contributed by atoms with Gasteiger partial charge in [0, 0.05) is 24.0 Å². The van der Waals surface area contributed by atoms with Crippen LogP contribution >= 0.6 is 0 Å². The first kappa shape index (κ1) is 14.3. The number of nitrogens with zero attached hydrogens (tertiary/aromatic N) is 5. The number of aliphatic hydroxyl groups is 1. The second-order valence-electron chi connectivity index (χ2n) is 4.98. The maximum absolute atomic E-state index is 14.1. The van der Waals surface area contributed by atoms with Crippen LogP contribution in [-0.4, -0.2) is 29.4 Å². The summed E-state index contributed by atoms with van der Waals surface area (Å²) in [7, 11) is 0. The van der Waals surface area contributed by atoms with Gasteiger partial charge in [-0.25, -0.2) is 23.4 Å². The average Bonchev–Trinajstić information content (AvgIpc) is 3.12. The van der Waals surface area contributed by atoms with Gasteiger partial charge in [-0.15, -0.1) is 0 Å². The third-order valence-electron chi connectivity index (χ3n) is 3.33. The molecule has 8 heteroatoms. The summed E-state index contributed by atoms with van der Waals surface area (Å²) in [4.78, 5) is 7.70. The van der Waals surface area contributed by atoms with Gasteiger partial charge < -0.3 is 9.67 Å². The summed E-state index contributed by atoms with van der Waals surface area (Å²) in [5.41, 5.74) is -1.65. The molecule has 0 fully saturated rings. The molecule has 3 rings (SSSR count). The zero-order chi connectivity index (χ0) is 15.6. The molecule has 1 atom stereocenters. The summed E-state index contributed by atoms with van der Waals surface area (Å²) in [5.74, 6) is -1.52. The number of halogens is 2. The Balaban J connectivity index is 2.01. The summed E-state index contributed by atoms with van der Waals surface area (Å²) in [5, 5.41) is 14.9. The molecule has 1 N–H and O–H groups in total. The van der Waals surface area contributed by atoms with Crippen molar-refractivity contribution >= 4 is 0 Å². The normalized spacial score (nSPS) is 14.0. The highest BCUT2D eigenvalue weighted by Crippen LogP contribution is 2.28. The van der Waals surface area contributed by atoms with E-state index in [4.69, 9.17) is 0 Å². The summed E-state index contributed by atoms with van der Waals surface area (Å²) < 4.78 is 30.3. The van der Waals surface area contributed by atoms with Crippen molar-refractivity contribution in [3.63, 3.8) is 0 Å². The maximum Gasteiger partial charge on any atom is 0.137 e. The van der Waals surface area contributed by atoms with E-state index >= 15 is 0 Å². The van der Waals surface area contributed by atoms with Gasteiger partial charge in [-0.2, -0.15) is 5.10 Å². The summed E-state index contributed by atoms with van der Waals surface area (Å²) in [6, 6.07) is 3.09. The highest BCUT2D eigenvalue weighted by Gasteiger charge is 2.34. The molecule has 2 heterocycles. The van der Waals surface area contributed by atoms with E-state index in [1.54, 1.807) is 17.0 Å². The standard InChI is InChI=1S/C14H13F2N5O/c15-11-1-2-12(13(16)5-11)14(22,6-20-4-3-17-9-20)7-21-10-18-8-19-21/h1-5,8-10,22H,6-7H2/t14-/m0/s1. The fourth-order valence-electron chi connectivity index (χ4n) is 2.35. The van der Waals surface area contributed by atoms with Crippen LogP contribution in [-0.2, 0) is 18.7 Å². The molecule has 0 aliphatic heterocycles. The van der Waals surface area contributed by atoms with Gasteiger partial charge in [0.1, 0.15) is 29.9 Å². The Hall–Kier alpha value is -2.61. The first-order valence-electron chi connectivity index (χ1n) is 6.53. The lowest BCUT2D eigenvalue weighted by molar-refractivity contribution is -0.00546. The zero-order valence-corrected chi connectivity index (χ0v) is 11.5. The van der Waals surface area contributed by atoms with E-state index in [0.717, 1.165) is 12.1 Å². The minimum Gasteiger partial charge on any atom is -0.381 e. The Kier molecular flexibility index (Phi) is 3.68. The molecule has 2 aromatic heterocycles. The number of hydrogen-bond acceptors (Lipinski definition) is 4. The van der Waals surface area contributed by atoms with Crippen LogP contribution in [0.25, 0.3) is 0 Å². The van der Waals surface area contributed by atoms with Gasteiger partial charge in [0.25, 0.3) is 0 Å². The molecule has 0 radical (unpaired) electrons. The van der Waals surface area contributed by atoms with E-state index < -0.39 is 17.2 Å². The molecule has 6 nitrogen and oxygen atoms in total. The third kappa shape index (κ3) is 2.86. The first-order chi connectivity index (χ1) is 10.6. The van der Waals surface area contributed by atoms with Crippen molar-refractivity contribution in [1.82, 2.24) is 24.3 Å². The van der Waals surface area contributed by atoms with E-state index in [1.165, 1.54) is 29.7 Å². The molecule has 0 saturated heterocycles. The van der Waals surface area contributed by atoms with Crippen molar-refractivity contribution in [2.45, 2.75) is 18.7 Å². The van der Waals surface area contributed by atoms with E-state index in [9.17, 15) is 13.9 Å². The largest absolute Gasteiger partial charge is 0.381 e. The van der Waals surface area contributed by atoms with E-state index in [-0.39, 0.29) is 18.7 Å². The van der Waals surface area contributed by atoms with Gasteiger partial charge in [-0.1, -0.05) is 6.07 Å².